The molecule has 0 bridgehead atoms. The number of hydrogen-bond acceptors (Lipinski definition) is 4. The first-order valence-corrected chi connectivity index (χ1v) is 8.20. The van der Waals surface area contributed by atoms with Crippen molar-refractivity contribution in [1.82, 2.24) is 4.90 Å². The number of aryl methyl sites for hydroxylation is 1. The number of furan rings is 1. The van der Waals surface area contributed by atoms with Gasteiger partial charge >= 0.3 is 0 Å². The fourth-order valence-corrected chi connectivity index (χ4v) is 2.64. The van der Waals surface area contributed by atoms with E-state index in [-0.39, 0.29) is 17.5 Å². The maximum atomic E-state index is 13.4. The molecule has 2 aromatic carbocycles. The summed E-state index contributed by atoms with van der Waals surface area (Å²) in [6.45, 7) is 2.47. The molecule has 1 amide bonds. The summed E-state index contributed by atoms with van der Waals surface area (Å²) < 4.78 is 29.7. The second-order valence-corrected chi connectivity index (χ2v) is 5.95. The SMILES string of the molecule is COc1ccc(OCCN(C)C(=O)c2oc3ccc(F)cc3c2C)cc1. The van der Waals surface area contributed by atoms with E-state index < -0.39 is 0 Å². The molecular weight excluding hydrogens is 337 g/mol. The van der Waals surface area contributed by atoms with Gasteiger partial charge in [0.2, 0.25) is 0 Å². The van der Waals surface area contributed by atoms with E-state index in [1.807, 2.05) is 0 Å². The van der Waals surface area contributed by atoms with E-state index in [1.54, 1.807) is 45.3 Å². The van der Waals surface area contributed by atoms with E-state index in [4.69, 9.17) is 13.9 Å². The molecule has 3 aromatic rings. The summed E-state index contributed by atoms with van der Waals surface area (Å²) in [7, 11) is 3.28. The Kier molecular flexibility index (Phi) is 5.11. The van der Waals surface area contributed by atoms with Crippen LogP contribution in [-0.2, 0) is 0 Å². The van der Waals surface area contributed by atoms with Crippen molar-refractivity contribution in [3.8, 4) is 11.5 Å². The molecule has 0 aliphatic rings. The molecule has 0 unspecified atom stereocenters. The minimum absolute atomic E-state index is 0.220. The lowest BCUT2D eigenvalue weighted by atomic mass is 10.1. The van der Waals surface area contributed by atoms with Crippen LogP contribution in [0.4, 0.5) is 4.39 Å². The summed E-state index contributed by atoms with van der Waals surface area (Å²) in [5.41, 5.74) is 1.13. The molecule has 136 valence electrons. The monoisotopic (exact) mass is 357 g/mol. The summed E-state index contributed by atoms with van der Waals surface area (Å²) in [5.74, 6) is 1.04. The molecule has 1 aromatic heterocycles. The van der Waals surface area contributed by atoms with Gasteiger partial charge in [-0.1, -0.05) is 0 Å². The number of benzene rings is 2. The molecular formula is C20H20FNO4. The first-order valence-electron chi connectivity index (χ1n) is 8.20. The fourth-order valence-electron chi connectivity index (χ4n) is 2.64. The van der Waals surface area contributed by atoms with Crippen molar-refractivity contribution in [3.05, 3.63) is 59.6 Å². The summed E-state index contributed by atoms with van der Waals surface area (Å²) in [6.07, 6.45) is 0. The molecule has 3 rings (SSSR count). The van der Waals surface area contributed by atoms with Gasteiger partial charge in [0, 0.05) is 18.0 Å². The van der Waals surface area contributed by atoms with Gasteiger partial charge in [-0.05, 0) is 49.4 Å². The van der Waals surface area contributed by atoms with E-state index in [1.165, 1.54) is 23.1 Å². The van der Waals surface area contributed by atoms with Crippen LogP contribution in [0.2, 0.25) is 0 Å². The molecule has 0 spiro atoms. The van der Waals surface area contributed by atoms with Gasteiger partial charge in [-0.2, -0.15) is 0 Å². The lowest BCUT2D eigenvalue weighted by Gasteiger charge is -2.16. The Morgan fingerprint density at radius 1 is 1.15 bits per heavy atom. The number of ether oxygens (including phenoxy) is 2. The second-order valence-electron chi connectivity index (χ2n) is 5.95. The lowest BCUT2D eigenvalue weighted by molar-refractivity contribution is 0.0744. The fraction of sp³-hybridized carbons (Fsp3) is 0.250. The van der Waals surface area contributed by atoms with Crippen LogP contribution in [0.5, 0.6) is 11.5 Å². The second kappa shape index (κ2) is 7.47. The summed E-state index contributed by atoms with van der Waals surface area (Å²) in [4.78, 5) is 14.1. The number of nitrogens with zero attached hydrogens (tertiary/aromatic N) is 1. The first kappa shape index (κ1) is 17.8. The number of hydrogen-bond donors (Lipinski definition) is 0. The lowest BCUT2D eigenvalue weighted by Crippen LogP contribution is -2.31. The van der Waals surface area contributed by atoms with Gasteiger partial charge in [0.05, 0.1) is 13.7 Å². The van der Waals surface area contributed by atoms with E-state index >= 15 is 0 Å². The Balaban J connectivity index is 1.63. The van der Waals surface area contributed by atoms with Crippen LogP contribution in [0.15, 0.2) is 46.9 Å². The molecule has 0 saturated heterocycles. The van der Waals surface area contributed by atoms with Crippen molar-refractivity contribution in [2.24, 2.45) is 0 Å². The van der Waals surface area contributed by atoms with Crippen LogP contribution >= 0.6 is 0 Å². The summed E-state index contributed by atoms with van der Waals surface area (Å²) in [5, 5.41) is 0.608. The molecule has 0 atom stereocenters. The van der Waals surface area contributed by atoms with Gasteiger partial charge in [-0.15, -0.1) is 0 Å². The number of carbonyl (C=O) groups is 1. The van der Waals surface area contributed by atoms with Crippen LogP contribution in [-0.4, -0.2) is 38.1 Å². The first-order chi connectivity index (χ1) is 12.5. The third kappa shape index (κ3) is 3.64. The van der Waals surface area contributed by atoms with Crippen LogP contribution in [0.3, 0.4) is 0 Å². The number of halogens is 1. The number of likely N-dealkylation sites (N-methyl/N-ethyl adjacent to an activating group) is 1. The van der Waals surface area contributed by atoms with Crippen LogP contribution in [0.1, 0.15) is 16.1 Å². The molecule has 0 saturated carbocycles. The van der Waals surface area contributed by atoms with E-state index in [9.17, 15) is 9.18 Å². The van der Waals surface area contributed by atoms with Crippen LogP contribution in [0, 0.1) is 12.7 Å². The normalized spacial score (nSPS) is 10.8. The smallest absolute Gasteiger partial charge is 0.289 e. The maximum Gasteiger partial charge on any atom is 0.289 e. The minimum Gasteiger partial charge on any atom is -0.497 e. The van der Waals surface area contributed by atoms with Crippen molar-refractivity contribution in [3.63, 3.8) is 0 Å². The zero-order valence-corrected chi connectivity index (χ0v) is 14.9. The van der Waals surface area contributed by atoms with Crippen molar-refractivity contribution < 1.29 is 23.1 Å². The highest BCUT2D eigenvalue weighted by atomic mass is 19.1. The van der Waals surface area contributed by atoms with Crippen molar-refractivity contribution in [2.45, 2.75) is 6.92 Å². The van der Waals surface area contributed by atoms with Gasteiger partial charge in [0.25, 0.3) is 5.91 Å². The van der Waals surface area contributed by atoms with Crippen molar-refractivity contribution in [2.75, 3.05) is 27.3 Å². The standard InChI is InChI=1S/C20H20FNO4/c1-13-17-12-14(21)4-9-18(17)26-19(13)20(23)22(2)10-11-25-16-7-5-15(24-3)6-8-16/h4-9,12H,10-11H2,1-3H3. The third-order valence-electron chi connectivity index (χ3n) is 4.19. The van der Waals surface area contributed by atoms with Crippen molar-refractivity contribution in [1.29, 1.82) is 0 Å². The van der Waals surface area contributed by atoms with Gasteiger partial charge in [0.1, 0.15) is 29.5 Å². The number of methoxy groups -OCH3 is 1. The number of rotatable bonds is 6. The zero-order chi connectivity index (χ0) is 18.7. The number of carbonyl (C=O) groups excluding carboxylic acids is 1. The Labute approximate surface area is 150 Å². The molecule has 0 N–H and O–H groups in total. The Morgan fingerprint density at radius 3 is 2.54 bits per heavy atom. The molecule has 0 fully saturated rings. The minimum atomic E-state index is -0.360. The topological polar surface area (TPSA) is 51.9 Å². The Morgan fingerprint density at radius 2 is 1.85 bits per heavy atom. The number of fused-ring (bicyclic) bond motifs is 1. The highest BCUT2D eigenvalue weighted by Crippen LogP contribution is 2.26. The maximum absolute atomic E-state index is 13.4. The highest BCUT2D eigenvalue weighted by Gasteiger charge is 2.21. The quantitative estimate of drug-likeness (QED) is 0.668. The Bertz CT molecular complexity index is 917. The van der Waals surface area contributed by atoms with Crippen LogP contribution in [0.25, 0.3) is 11.0 Å². The van der Waals surface area contributed by atoms with Crippen molar-refractivity contribution >= 4 is 16.9 Å². The largest absolute Gasteiger partial charge is 0.497 e. The Hall–Kier alpha value is -3.02. The molecule has 0 radical (unpaired) electrons. The summed E-state index contributed by atoms with van der Waals surface area (Å²) >= 11 is 0. The van der Waals surface area contributed by atoms with Crippen LogP contribution < -0.4 is 9.47 Å². The molecule has 0 aliphatic heterocycles. The predicted octanol–water partition coefficient (Wildman–Crippen LogP) is 4.04. The summed E-state index contributed by atoms with van der Waals surface area (Å²) in [6, 6.07) is 11.4. The molecule has 26 heavy (non-hydrogen) atoms. The average molecular weight is 357 g/mol. The third-order valence-corrected chi connectivity index (χ3v) is 4.19. The highest BCUT2D eigenvalue weighted by molar-refractivity contribution is 5.98. The molecule has 0 aliphatic carbocycles. The van der Waals surface area contributed by atoms with E-state index in [0.29, 0.717) is 35.4 Å². The number of amides is 1. The zero-order valence-electron chi connectivity index (χ0n) is 14.9. The average Bonchev–Trinajstić information content (AvgIpc) is 2.97. The van der Waals surface area contributed by atoms with E-state index in [0.717, 1.165) is 5.75 Å². The van der Waals surface area contributed by atoms with Gasteiger partial charge in [0.15, 0.2) is 5.76 Å². The van der Waals surface area contributed by atoms with Gasteiger partial charge in [-0.25, -0.2) is 4.39 Å². The molecule has 1 heterocycles. The van der Waals surface area contributed by atoms with E-state index in [2.05, 4.69) is 0 Å². The molecule has 5 nitrogen and oxygen atoms in total. The molecule has 6 heteroatoms. The van der Waals surface area contributed by atoms with Gasteiger partial charge < -0.3 is 18.8 Å². The van der Waals surface area contributed by atoms with Gasteiger partial charge in [-0.3, -0.25) is 4.79 Å². The predicted molar refractivity (Wildman–Crippen MR) is 96.4 cm³/mol.